The number of nitrogens with zero attached hydrogens (tertiary/aromatic N) is 3. The molecule has 0 radical (unpaired) electrons. The number of pyridine rings is 1. The number of β-amino-alcohol motifs (C(OH)–C–C–N with tert-alkyl or cyclic N) is 1. The van der Waals surface area contributed by atoms with Gasteiger partial charge in [-0.05, 0) is 23.6 Å². The maximum Gasteiger partial charge on any atom is 0.0707 e. The van der Waals surface area contributed by atoms with Crippen LogP contribution in [0.2, 0.25) is 0 Å². The zero-order chi connectivity index (χ0) is 15.9. The van der Waals surface area contributed by atoms with Crippen LogP contribution in [0.5, 0.6) is 0 Å². The number of rotatable bonds is 6. The first-order valence-electron chi connectivity index (χ1n) is 8.35. The van der Waals surface area contributed by atoms with Gasteiger partial charge in [-0.1, -0.05) is 36.4 Å². The predicted molar refractivity (Wildman–Crippen MR) is 92.1 cm³/mol. The molecule has 1 aliphatic rings. The Balaban J connectivity index is 1.40. The van der Waals surface area contributed by atoms with E-state index in [0.717, 1.165) is 45.7 Å². The van der Waals surface area contributed by atoms with E-state index >= 15 is 0 Å². The first-order chi connectivity index (χ1) is 11.3. The van der Waals surface area contributed by atoms with Crippen molar-refractivity contribution in [2.45, 2.75) is 19.1 Å². The second-order valence-corrected chi connectivity index (χ2v) is 6.28. The fourth-order valence-corrected chi connectivity index (χ4v) is 3.13. The summed E-state index contributed by atoms with van der Waals surface area (Å²) in [5, 5.41) is 10.3. The summed E-state index contributed by atoms with van der Waals surface area (Å²) >= 11 is 0. The summed E-state index contributed by atoms with van der Waals surface area (Å²) in [5.74, 6) is 0. The van der Waals surface area contributed by atoms with Crippen LogP contribution in [0.25, 0.3) is 0 Å². The highest BCUT2D eigenvalue weighted by molar-refractivity contribution is 5.15. The van der Waals surface area contributed by atoms with Crippen LogP contribution in [-0.4, -0.2) is 58.7 Å². The van der Waals surface area contributed by atoms with E-state index in [1.807, 2.05) is 36.7 Å². The van der Waals surface area contributed by atoms with E-state index in [1.165, 1.54) is 11.1 Å². The molecular weight excluding hydrogens is 286 g/mol. The second-order valence-electron chi connectivity index (χ2n) is 6.28. The lowest BCUT2D eigenvalue weighted by Crippen LogP contribution is -2.48. The molecule has 1 aromatic carbocycles. The Bertz CT molecular complexity index is 568. The molecule has 0 aliphatic carbocycles. The van der Waals surface area contributed by atoms with Crippen molar-refractivity contribution in [1.82, 2.24) is 14.8 Å². The molecule has 122 valence electrons. The van der Waals surface area contributed by atoms with Gasteiger partial charge in [-0.2, -0.15) is 0 Å². The summed E-state index contributed by atoms with van der Waals surface area (Å²) in [5.41, 5.74) is 2.47. The molecule has 1 aliphatic heterocycles. The van der Waals surface area contributed by atoms with Crippen LogP contribution < -0.4 is 0 Å². The van der Waals surface area contributed by atoms with E-state index in [1.54, 1.807) is 0 Å². The molecule has 0 bridgehead atoms. The average molecular weight is 311 g/mol. The summed E-state index contributed by atoms with van der Waals surface area (Å²) in [7, 11) is 0. The summed E-state index contributed by atoms with van der Waals surface area (Å²) in [6.45, 7) is 5.86. The van der Waals surface area contributed by atoms with E-state index in [4.69, 9.17) is 0 Å². The molecule has 1 saturated heterocycles. The van der Waals surface area contributed by atoms with Gasteiger partial charge in [0.15, 0.2) is 0 Å². The smallest absolute Gasteiger partial charge is 0.0707 e. The van der Waals surface area contributed by atoms with Gasteiger partial charge in [0.1, 0.15) is 0 Å². The normalized spacial score (nSPS) is 18.0. The van der Waals surface area contributed by atoms with Crippen molar-refractivity contribution in [3.63, 3.8) is 0 Å². The molecule has 1 atom stereocenters. The zero-order valence-corrected chi connectivity index (χ0v) is 13.5. The monoisotopic (exact) mass is 311 g/mol. The lowest BCUT2D eigenvalue weighted by molar-refractivity contribution is 0.0704. The van der Waals surface area contributed by atoms with Crippen LogP contribution in [0.1, 0.15) is 11.1 Å². The van der Waals surface area contributed by atoms with Crippen LogP contribution in [-0.2, 0) is 13.0 Å². The van der Waals surface area contributed by atoms with Crippen molar-refractivity contribution in [1.29, 1.82) is 0 Å². The fourth-order valence-electron chi connectivity index (χ4n) is 3.13. The Kier molecular flexibility index (Phi) is 5.75. The molecule has 0 spiro atoms. The quantitative estimate of drug-likeness (QED) is 0.883. The largest absolute Gasteiger partial charge is 0.391 e. The van der Waals surface area contributed by atoms with Crippen molar-refractivity contribution in [3.8, 4) is 0 Å². The lowest BCUT2D eigenvalue weighted by atomic mass is 10.1. The van der Waals surface area contributed by atoms with Crippen LogP contribution in [0.15, 0.2) is 54.9 Å². The Hall–Kier alpha value is -1.75. The Labute approximate surface area is 138 Å². The predicted octanol–water partition coefficient (Wildman–Crippen LogP) is 1.80. The van der Waals surface area contributed by atoms with E-state index in [-0.39, 0.29) is 6.10 Å². The molecule has 3 rings (SSSR count). The van der Waals surface area contributed by atoms with Crippen molar-refractivity contribution in [2.24, 2.45) is 0 Å². The molecule has 2 heterocycles. The third-order valence-corrected chi connectivity index (χ3v) is 4.38. The number of aliphatic hydroxyl groups excluding tert-OH is 1. The highest BCUT2D eigenvalue weighted by atomic mass is 16.3. The van der Waals surface area contributed by atoms with Gasteiger partial charge in [-0.3, -0.25) is 14.8 Å². The Morgan fingerprint density at radius 2 is 1.61 bits per heavy atom. The highest BCUT2D eigenvalue weighted by Crippen LogP contribution is 2.10. The molecule has 23 heavy (non-hydrogen) atoms. The molecule has 0 saturated carbocycles. The molecule has 1 fully saturated rings. The minimum atomic E-state index is -0.290. The standard InChI is InChI=1S/C19H25N3O/c23-19(13-17-5-2-1-3-6-17)16-22-11-9-21(10-12-22)15-18-7-4-8-20-14-18/h1-8,14,19,23H,9-13,15-16H2. The number of aliphatic hydroxyl groups is 1. The maximum absolute atomic E-state index is 10.3. The van der Waals surface area contributed by atoms with E-state index in [2.05, 4.69) is 33.0 Å². The topological polar surface area (TPSA) is 39.6 Å². The molecule has 2 aromatic rings. The summed E-state index contributed by atoms with van der Waals surface area (Å²) < 4.78 is 0. The van der Waals surface area contributed by atoms with Gasteiger partial charge in [-0.15, -0.1) is 0 Å². The van der Waals surface area contributed by atoms with Crippen LogP contribution in [0.4, 0.5) is 0 Å². The van der Waals surface area contributed by atoms with Gasteiger partial charge >= 0.3 is 0 Å². The van der Waals surface area contributed by atoms with Gasteiger partial charge in [0.2, 0.25) is 0 Å². The van der Waals surface area contributed by atoms with Crippen LogP contribution in [0, 0.1) is 0 Å². The number of piperazine rings is 1. The van der Waals surface area contributed by atoms with E-state index in [0.29, 0.717) is 0 Å². The summed E-state index contributed by atoms with van der Waals surface area (Å²) in [4.78, 5) is 9.00. The molecule has 1 N–H and O–H groups in total. The van der Waals surface area contributed by atoms with E-state index < -0.39 is 0 Å². The van der Waals surface area contributed by atoms with Gasteiger partial charge < -0.3 is 5.11 Å². The van der Waals surface area contributed by atoms with Crippen molar-refractivity contribution in [2.75, 3.05) is 32.7 Å². The molecule has 1 aromatic heterocycles. The van der Waals surface area contributed by atoms with Crippen molar-refractivity contribution < 1.29 is 5.11 Å². The first kappa shape index (κ1) is 16.1. The molecule has 0 amide bonds. The molecule has 4 nitrogen and oxygen atoms in total. The molecule has 1 unspecified atom stereocenters. The lowest BCUT2D eigenvalue weighted by Gasteiger charge is -2.35. The Morgan fingerprint density at radius 1 is 0.913 bits per heavy atom. The number of hydrogen-bond acceptors (Lipinski definition) is 4. The number of aromatic nitrogens is 1. The fraction of sp³-hybridized carbons (Fsp3) is 0.421. The number of hydrogen-bond donors (Lipinski definition) is 1. The van der Waals surface area contributed by atoms with Gasteiger partial charge in [-0.25, -0.2) is 0 Å². The minimum Gasteiger partial charge on any atom is -0.391 e. The van der Waals surface area contributed by atoms with E-state index in [9.17, 15) is 5.11 Å². The third-order valence-electron chi connectivity index (χ3n) is 4.38. The first-order valence-corrected chi connectivity index (χ1v) is 8.35. The van der Waals surface area contributed by atoms with Crippen LogP contribution in [0.3, 0.4) is 0 Å². The van der Waals surface area contributed by atoms with Gasteiger partial charge in [0.05, 0.1) is 6.10 Å². The minimum absolute atomic E-state index is 0.290. The zero-order valence-electron chi connectivity index (χ0n) is 13.5. The van der Waals surface area contributed by atoms with Crippen molar-refractivity contribution >= 4 is 0 Å². The molecular formula is C19H25N3O. The SMILES string of the molecule is OC(Cc1ccccc1)CN1CCN(Cc2cccnc2)CC1. The van der Waals surface area contributed by atoms with Gasteiger partial charge in [0.25, 0.3) is 0 Å². The number of benzene rings is 1. The summed E-state index contributed by atoms with van der Waals surface area (Å²) in [6.07, 6.45) is 4.20. The Morgan fingerprint density at radius 3 is 2.30 bits per heavy atom. The second kappa shape index (κ2) is 8.20. The average Bonchev–Trinajstić information content (AvgIpc) is 2.58. The highest BCUT2D eigenvalue weighted by Gasteiger charge is 2.19. The van der Waals surface area contributed by atoms with Crippen molar-refractivity contribution in [3.05, 3.63) is 66.0 Å². The molecule has 4 heteroatoms. The van der Waals surface area contributed by atoms with Gasteiger partial charge in [0, 0.05) is 51.7 Å². The summed E-state index contributed by atoms with van der Waals surface area (Å²) in [6, 6.07) is 14.3. The maximum atomic E-state index is 10.3. The third kappa shape index (κ3) is 5.13. The van der Waals surface area contributed by atoms with Crippen LogP contribution >= 0.6 is 0 Å².